The van der Waals surface area contributed by atoms with Crippen molar-refractivity contribution < 1.29 is 13.2 Å². The van der Waals surface area contributed by atoms with Crippen LogP contribution in [0.4, 0.5) is 4.79 Å². The molecule has 8 heteroatoms. The maximum absolute atomic E-state index is 12.5. The molecule has 0 aliphatic carbocycles. The minimum absolute atomic E-state index is 0.0160. The van der Waals surface area contributed by atoms with Crippen LogP contribution >= 0.6 is 11.3 Å². The number of rotatable bonds is 5. The van der Waals surface area contributed by atoms with Crippen LogP contribution in [0.2, 0.25) is 0 Å². The lowest BCUT2D eigenvalue weighted by Gasteiger charge is -2.32. The summed E-state index contributed by atoms with van der Waals surface area (Å²) in [5, 5.41) is 6.21. The fourth-order valence-corrected chi connectivity index (χ4v) is 5.23. The van der Waals surface area contributed by atoms with Crippen molar-refractivity contribution in [3.8, 4) is 0 Å². The first-order valence-electron chi connectivity index (χ1n) is 8.37. The molecule has 1 fully saturated rings. The minimum Gasteiger partial charge on any atom is -0.334 e. The molecule has 0 bridgehead atoms. The van der Waals surface area contributed by atoms with Crippen molar-refractivity contribution in [1.29, 1.82) is 0 Å². The Morgan fingerprint density at radius 1 is 1.36 bits per heavy atom. The summed E-state index contributed by atoms with van der Waals surface area (Å²) in [6.07, 6.45) is 1.66. The fourth-order valence-electron chi connectivity index (χ4n) is 3.26. The van der Waals surface area contributed by atoms with E-state index in [1.165, 1.54) is 17.1 Å². The number of carbonyl (C=O) groups excluding carboxylic acids is 1. The van der Waals surface area contributed by atoms with Crippen LogP contribution in [0, 0.1) is 5.92 Å². The molecular weight excluding hydrogens is 358 g/mol. The molecule has 136 valence electrons. The molecule has 6 nitrogen and oxygen atoms in total. The van der Waals surface area contributed by atoms with Crippen LogP contribution in [0.1, 0.15) is 18.4 Å². The number of likely N-dealkylation sites (tertiary alicyclic amines) is 1. The number of urea groups is 1. The number of nitrogens with zero attached hydrogens (tertiary/aromatic N) is 1. The van der Waals surface area contributed by atoms with Gasteiger partial charge in [0, 0.05) is 24.3 Å². The summed E-state index contributed by atoms with van der Waals surface area (Å²) < 4.78 is 27.0. The molecule has 0 saturated carbocycles. The Kier molecular flexibility index (Phi) is 5.61. The Balaban J connectivity index is 1.58. The molecular formula is C17H23N3O3S2. The number of hydrogen-bond acceptors (Lipinski definition) is 4. The third-order valence-electron chi connectivity index (χ3n) is 4.56. The van der Waals surface area contributed by atoms with Gasteiger partial charge in [-0.05, 0) is 48.2 Å². The van der Waals surface area contributed by atoms with Gasteiger partial charge in [0.25, 0.3) is 0 Å². The van der Waals surface area contributed by atoms with E-state index in [2.05, 4.69) is 22.2 Å². The van der Waals surface area contributed by atoms with Crippen molar-refractivity contribution in [3.05, 3.63) is 35.2 Å². The van der Waals surface area contributed by atoms with E-state index < -0.39 is 10.0 Å². The Morgan fingerprint density at radius 2 is 2.20 bits per heavy atom. The SMILES string of the molecule is CNS(=O)(=O)CC1CCCN(C(=O)NCc2cccc3ccsc23)C1. The average molecular weight is 382 g/mol. The highest BCUT2D eigenvalue weighted by Gasteiger charge is 2.27. The zero-order chi connectivity index (χ0) is 17.9. The number of thiophene rings is 1. The van der Waals surface area contributed by atoms with Gasteiger partial charge in [-0.2, -0.15) is 0 Å². The van der Waals surface area contributed by atoms with Gasteiger partial charge >= 0.3 is 6.03 Å². The number of sulfonamides is 1. The molecule has 1 unspecified atom stereocenters. The van der Waals surface area contributed by atoms with E-state index in [-0.39, 0.29) is 17.7 Å². The number of carbonyl (C=O) groups is 1. The second-order valence-corrected chi connectivity index (χ2v) is 9.24. The Morgan fingerprint density at radius 3 is 3.00 bits per heavy atom. The lowest BCUT2D eigenvalue weighted by molar-refractivity contribution is 0.170. The van der Waals surface area contributed by atoms with E-state index >= 15 is 0 Å². The molecule has 1 aromatic carbocycles. The monoisotopic (exact) mass is 381 g/mol. The van der Waals surface area contributed by atoms with Gasteiger partial charge in [-0.1, -0.05) is 18.2 Å². The summed E-state index contributed by atoms with van der Waals surface area (Å²) in [7, 11) is -1.82. The molecule has 1 aliphatic rings. The van der Waals surface area contributed by atoms with E-state index in [0.717, 1.165) is 18.4 Å². The summed E-state index contributed by atoms with van der Waals surface area (Å²) >= 11 is 1.67. The molecule has 2 N–H and O–H groups in total. The van der Waals surface area contributed by atoms with Gasteiger partial charge in [-0.15, -0.1) is 11.3 Å². The van der Waals surface area contributed by atoms with Crippen LogP contribution in [0.3, 0.4) is 0 Å². The van der Waals surface area contributed by atoms with Gasteiger partial charge < -0.3 is 10.2 Å². The molecule has 3 rings (SSSR count). The van der Waals surface area contributed by atoms with Crippen molar-refractivity contribution in [1.82, 2.24) is 14.9 Å². The first-order valence-corrected chi connectivity index (χ1v) is 10.9. The zero-order valence-electron chi connectivity index (χ0n) is 14.2. The molecule has 0 spiro atoms. The number of fused-ring (bicyclic) bond motifs is 1. The Bertz CT molecular complexity index is 848. The molecule has 0 radical (unpaired) electrons. The number of benzene rings is 1. The zero-order valence-corrected chi connectivity index (χ0v) is 15.8. The second-order valence-electron chi connectivity index (χ2n) is 6.35. The smallest absolute Gasteiger partial charge is 0.317 e. The second kappa shape index (κ2) is 7.72. The lowest BCUT2D eigenvalue weighted by atomic mass is 10.0. The van der Waals surface area contributed by atoms with Gasteiger partial charge in [-0.25, -0.2) is 17.9 Å². The molecule has 1 saturated heterocycles. The number of amides is 2. The molecule has 25 heavy (non-hydrogen) atoms. The van der Waals surface area contributed by atoms with E-state index in [9.17, 15) is 13.2 Å². The van der Waals surface area contributed by atoms with Crippen molar-refractivity contribution in [2.24, 2.45) is 5.92 Å². The van der Waals surface area contributed by atoms with Crippen molar-refractivity contribution in [3.63, 3.8) is 0 Å². The van der Waals surface area contributed by atoms with Crippen LogP contribution in [0.5, 0.6) is 0 Å². The first kappa shape index (κ1) is 18.2. The third-order valence-corrected chi connectivity index (χ3v) is 7.10. The third kappa shape index (κ3) is 4.50. The van der Waals surface area contributed by atoms with Crippen LogP contribution in [0.25, 0.3) is 10.1 Å². The summed E-state index contributed by atoms with van der Waals surface area (Å²) in [6, 6.07) is 8.03. The first-order chi connectivity index (χ1) is 12.0. The largest absolute Gasteiger partial charge is 0.334 e. The van der Waals surface area contributed by atoms with Crippen molar-refractivity contribution >= 4 is 37.5 Å². The molecule has 2 heterocycles. The van der Waals surface area contributed by atoms with Crippen molar-refractivity contribution in [2.45, 2.75) is 19.4 Å². The van der Waals surface area contributed by atoms with Crippen LogP contribution in [0.15, 0.2) is 29.6 Å². The van der Waals surface area contributed by atoms with Gasteiger partial charge in [0.2, 0.25) is 10.0 Å². The van der Waals surface area contributed by atoms with E-state index in [1.807, 2.05) is 17.5 Å². The van der Waals surface area contributed by atoms with E-state index in [1.54, 1.807) is 16.2 Å². The Hall–Kier alpha value is -1.64. The summed E-state index contributed by atoms with van der Waals surface area (Å²) in [5.41, 5.74) is 1.10. The molecule has 2 aromatic rings. The van der Waals surface area contributed by atoms with Gasteiger partial charge in [-0.3, -0.25) is 0 Å². The standard InChI is InChI=1S/C17H23N3O3S2/c1-18-25(22,23)12-13-4-3-8-20(11-13)17(21)19-10-15-6-2-5-14-7-9-24-16(14)15/h2,5-7,9,13,18H,3-4,8,10-12H2,1H3,(H,19,21). The Labute approximate surface area is 152 Å². The summed E-state index contributed by atoms with van der Waals surface area (Å²) in [4.78, 5) is 14.2. The highest BCUT2D eigenvalue weighted by molar-refractivity contribution is 7.89. The quantitative estimate of drug-likeness (QED) is 0.835. The van der Waals surface area contributed by atoms with Gasteiger partial charge in [0.1, 0.15) is 0 Å². The normalized spacial score (nSPS) is 18.4. The molecule has 2 amide bonds. The van der Waals surface area contributed by atoms with Crippen LogP contribution < -0.4 is 10.0 Å². The molecule has 1 aromatic heterocycles. The molecule has 1 atom stereocenters. The topological polar surface area (TPSA) is 78.5 Å². The predicted molar refractivity (Wildman–Crippen MR) is 101 cm³/mol. The fraction of sp³-hybridized carbons (Fsp3) is 0.471. The number of piperidine rings is 1. The van der Waals surface area contributed by atoms with Gasteiger partial charge in [0.05, 0.1) is 5.75 Å². The number of hydrogen-bond donors (Lipinski definition) is 2. The number of nitrogens with one attached hydrogen (secondary N) is 2. The van der Waals surface area contributed by atoms with E-state index in [0.29, 0.717) is 19.6 Å². The van der Waals surface area contributed by atoms with Crippen LogP contribution in [-0.2, 0) is 16.6 Å². The highest BCUT2D eigenvalue weighted by Crippen LogP contribution is 2.24. The van der Waals surface area contributed by atoms with Crippen LogP contribution in [-0.4, -0.2) is 45.2 Å². The maximum atomic E-state index is 12.5. The van der Waals surface area contributed by atoms with E-state index in [4.69, 9.17) is 0 Å². The summed E-state index contributed by atoms with van der Waals surface area (Å²) in [6.45, 7) is 1.63. The minimum atomic E-state index is -3.25. The average Bonchev–Trinajstić information content (AvgIpc) is 3.09. The predicted octanol–water partition coefficient (Wildman–Crippen LogP) is 2.37. The van der Waals surface area contributed by atoms with Gasteiger partial charge in [0.15, 0.2) is 0 Å². The van der Waals surface area contributed by atoms with Crippen molar-refractivity contribution in [2.75, 3.05) is 25.9 Å². The summed E-state index contributed by atoms with van der Waals surface area (Å²) in [5.74, 6) is 0.0552. The molecule has 1 aliphatic heterocycles. The highest BCUT2D eigenvalue weighted by atomic mass is 32.2. The lowest BCUT2D eigenvalue weighted by Crippen LogP contribution is -2.47. The maximum Gasteiger partial charge on any atom is 0.317 e.